The molecule has 0 atom stereocenters. The second-order valence-corrected chi connectivity index (χ2v) is 3.60. The van der Waals surface area contributed by atoms with Gasteiger partial charge >= 0.3 is 0 Å². The molecule has 0 bridgehead atoms. The van der Waals surface area contributed by atoms with Crippen LogP contribution in [0.15, 0.2) is 52.3 Å². The SMILES string of the molecule is Cn1cccc1C(=O)N/N=C/C=C/c1ccco1. The summed E-state index contributed by atoms with van der Waals surface area (Å²) < 4.78 is 6.82. The minimum atomic E-state index is -0.245. The van der Waals surface area contributed by atoms with Crippen molar-refractivity contribution in [2.24, 2.45) is 12.1 Å². The largest absolute Gasteiger partial charge is 0.465 e. The Morgan fingerprint density at radius 2 is 2.33 bits per heavy atom. The van der Waals surface area contributed by atoms with Crippen LogP contribution in [-0.2, 0) is 7.05 Å². The predicted octanol–water partition coefficient (Wildman–Crippen LogP) is 2.05. The van der Waals surface area contributed by atoms with E-state index in [1.807, 2.05) is 6.07 Å². The van der Waals surface area contributed by atoms with E-state index in [-0.39, 0.29) is 5.91 Å². The fourth-order valence-electron chi connectivity index (χ4n) is 1.42. The summed E-state index contributed by atoms with van der Waals surface area (Å²) >= 11 is 0. The van der Waals surface area contributed by atoms with Crippen LogP contribution < -0.4 is 5.43 Å². The van der Waals surface area contributed by atoms with Crippen molar-refractivity contribution in [2.45, 2.75) is 0 Å². The molecule has 5 heteroatoms. The Labute approximate surface area is 104 Å². The summed E-state index contributed by atoms with van der Waals surface area (Å²) in [5.74, 6) is 0.486. The van der Waals surface area contributed by atoms with Crippen LogP contribution in [0, 0.1) is 0 Å². The molecule has 0 fully saturated rings. The van der Waals surface area contributed by atoms with Gasteiger partial charge in [-0.25, -0.2) is 5.43 Å². The molecule has 0 aliphatic heterocycles. The smallest absolute Gasteiger partial charge is 0.287 e. The van der Waals surface area contributed by atoms with E-state index in [0.717, 1.165) is 5.76 Å². The van der Waals surface area contributed by atoms with E-state index in [1.54, 1.807) is 54.4 Å². The molecule has 2 rings (SSSR count). The van der Waals surface area contributed by atoms with Crippen molar-refractivity contribution in [3.8, 4) is 0 Å². The maximum absolute atomic E-state index is 11.6. The monoisotopic (exact) mass is 243 g/mol. The van der Waals surface area contributed by atoms with Gasteiger partial charge in [-0.05, 0) is 36.4 Å². The van der Waals surface area contributed by atoms with Gasteiger partial charge in [-0.3, -0.25) is 4.79 Å². The van der Waals surface area contributed by atoms with Gasteiger partial charge in [0.05, 0.1) is 6.26 Å². The fraction of sp³-hybridized carbons (Fsp3) is 0.0769. The van der Waals surface area contributed by atoms with E-state index in [9.17, 15) is 4.79 Å². The molecule has 18 heavy (non-hydrogen) atoms. The summed E-state index contributed by atoms with van der Waals surface area (Å²) in [5.41, 5.74) is 2.99. The lowest BCUT2D eigenvalue weighted by Gasteiger charge is -1.99. The van der Waals surface area contributed by atoms with Gasteiger partial charge in [0.2, 0.25) is 0 Å². The molecule has 1 N–H and O–H groups in total. The highest BCUT2D eigenvalue weighted by atomic mass is 16.3. The van der Waals surface area contributed by atoms with Crippen molar-refractivity contribution in [1.82, 2.24) is 9.99 Å². The van der Waals surface area contributed by atoms with Crippen molar-refractivity contribution in [2.75, 3.05) is 0 Å². The summed E-state index contributed by atoms with van der Waals surface area (Å²) in [6, 6.07) is 7.15. The van der Waals surface area contributed by atoms with Gasteiger partial charge in [-0.15, -0.1) is 0 Å². The van der Waals surface area contributed by atoms with Gasteiger partial charge in [-0.1, -0.05) is 0 Å². The zero-order valence-electron chi connectivity index (χ0n) is 9.91. The number of carbonyl (C=O) groups is 1. The molecule has 0 spiro atoms. The zero-order valence-corrected chi connectivity index (χ0v) is 9.91. The first-order valence-electron chi connectivity index (χ1n) is 5.42. The fourth-order valence-corrected chi connectivity index (χ4v) is 1.42. The molecule has 2 aromatic rings. The maximum atomic E-state index is 11.6. The van der Waals surface area contributed by atoms with E-state index in [2.05, 4.69) is 10.5 Å². The Bertz CT molecular complexity index is 565. The standard InChI is InChI=1S/C13H13N3O2/c1-16-9-3-7-12(16)13(17)15-14-8-2-5-11-6-4-10-18-11/h2-10H,1H3,(H,15,17)/b5-2+,14-8+. The number of aromatic nitrogens is 1. The number of aryl methyl sites for hydroxylation is 1. The van der Waals surface area contributed by atoms with Crippen molar-refractivity contribution in [3.63, 3.8) is 0 Å². The third-order valence-corrected chi connectivity index (χ3v) is 2.31. The Hall–Kier alpha value is -2.56. The first-order valence-corrected chi connectivity index (χ1v) is 5.42. The van der Waals surface area contributed by atoms with Gasteiger partial charge < -0.3 is 8.98 Å². The summed E-state index contributed by atoms with van der Waals surface area (Å²) in [4.78, 5) is 11.6. The number of hydrogen-bond donors (Lipinski definition) is 1. The minimum absolute atomic E-state index is 0.245. The van der Waals surface area contributed by atoms with Crippen molar-refractivity contribution >= 4 is 18.2 Å². The Morgan fingerprint density at radius 3 is 3.00 bits per heavy atom. The van der Waals surface area contributed by atoms with Crippen molar-refractivity contribution < 1.29 is 9.21 Å². The zero-order chi connectivity index (χ0) is 12.8. The molecule has 92 valence electrons. The lowest BCUT2D eigenvalue weighted by Crippen LogP contribution is -2.19. The molecule has 0 aromatic carbocycles. The highest BCUT2D eigenvalue weighted by molar-refractivity contribution is 5.93. The Morgan fingerprint density at radius 1 is 1.44 bits per heavy atom. The van der Waals surface area contributed by atoms with Crippen LogP contribution in [0.3, 0.4) is 0 Å². The molecule has 0 unspecified atom stereocenters. The van der Waals surface area contributed by atoms with Crippen LogP contribution >= 0.6 is 0 Å². The number of hydrogen-bond acceptors (Lipinski definition) is 3. The molecule has 0 saturated heterocycles. The number of furan rings is 1. The highest BCUT2D eigenvalue weighted by Gasteiger charge is 2.06. The van der Waals surface area contributed by atoms with Crippen LogP contribution in [0.25, 0.3) is 6.08 Å². The molecule has 1 amide bonds. The number of carbonyl (C=O) groups excluding carboxylic acids is 1. The number of rotatable bonds is 4. The highest BCUT2D eigenvalue weighted by Crippen LogP contribution is 2.01. The third-order valence-electron chi connectivity index (χ3n) is 2.31. The van der Waals surface area contributed by atoms with E-state index in [1.165, 1.54) is 6.21 Å². The lowest BCUT2D eigenvalue weighted by molar-refractivity contribution is 0.0947. The van der Waals surface area contributed by atoms with E-state index in [0.29, 0.717) is 5.69 Å². The number of hydrazone groups is 1. The first-order chi connectivity index (χ1) is 8.77. The van der Waals surface area contributed by atoms with Gasteiger partial charge in [0.1, 0.15) is 11.5 Å². The number of nitrogens with zero attached hydrogens (tertiary/aromatic N) is 2. The van der Waals surface area contributed by atoms with Crippen LogP contribution in [0.1, 0.15) is 16.2 Å². The molecular weight excluding hydrogens is 230 g/mol. The molecule has 2 aromatic heterocycles. The Kier molecular flexibility index (Phi) is 3.76. The van der Waals surface area contributed by atoms with Gasteiger partial charge in [0, 0.05) is 19.5 Å². The topological polar surface area (TPSA) is 59.5 Å². The Balaban J connectivity index is 1.85. The quantitative estimate of drug-likeness (QED) is 0.660. The molecule has 0 aliphatic rings. The number of amides is 1. The predicted molar refractivity (Wildman–Crippen MR) is 69.1 cm³/mol. The third kappa shape index (κ3) is 2.98. The summed E-state index contributed by atoms with van der Waals surface area (Å²) in [5, 5.41) is 3.80. The second kappa shape index (κ2) is 5.67. The van der Waals surface area contributed by atoms with Crippen LogP contribution in [0.5, 0.6) is 0 Å². The van der Waals surface area contributed by atoms with Gasteiger partial charge in [-0.2, -0.15) is 5.10 Å². The molecule has 0 aliphatic carbocycles. The van der Waals surface area contributed by atoms with Crippen molar-refractivity contribution in [1.29, 1.82) is 0 Å². The van der Waals surface area contributed by atoms with E-state index >= 15 is 0 Å². The second-order valence-electron chi connectivity index (χ2n) is 3.60. The van der Waals surface area contributed by atoms with Gasteiger partial charge in [0.25, 0.3) is 5.91 Å². The maximum Gasteiger partial charge on any atom is 0.287 e. The minimum Gasteiger partial charge on any atom is -0.465 e. The van der Waals surface area contributed by atoms with Crippen LogP contribution in [0.2, 0.25) is 0 Å². The van der Waals surface area contributed by atoms with Crippen LogP contribution in [-0.4, -0.2) is 16.7 Å². The van der Waals surface area contributed by atoms with Crippen LogP contribution in [0.4, 0.5) is 0 Å². The summed E-state index contributed by atoms with van der Waals surface area (Å²) in [7, 11) is 1.80. The van der Waals surface area contributed by atoms with E-state index in [4.69, 9.17) is 4.42 Å². The molecular formula is C13H13N3O2. The average Bonchev–Trinajstić information content (AvgIpc) is 2.99. The molecule has 5 nitrogen and oxygen atoms in total. The molecule has 0 saturated carbocycles. The summed E-state index contributed by atoms with van der Waals surface area (Å²) in [6.07, 6.45) is 8.31. The normalized spacial score (nSPS) is 11.4. The van der Waals surface area contributed by atoms with Gasteiger partial charge in [0.15, 0.2) is 0 Å². The lowest BCUT2D eigenvalue weighted by atomic mass is 10.4. The molecule has 0 radical (unpaired) electrons. The van der Waals surface area contributed by atoms with Crippen molar-refractivity contribution in [3.05, 3.63) is 54.3 Å². The summed E-state index contributed by atoms with van der Waals surface area (Å²) in [6.45, 7) is 0. The molecule has 2 heterocycles. The number of allylic oxidation sites excluding steroid dienone is 1. The first kappa shape index (κ1) is 11.9. The number of nitrogens with one attached hydrogen (secondary N) is 1. The average molecular weight is 243 g/mol. The van der Waals surface area contributed by atoms with E-state index < -0.39 is 0 Å².